The van der Waals surface area contributed by atoms with Gasteiger partial charge in [0.25, 0.3) is 5.69 Å². The molecule has 1 aromatic carbocycles. The molecule has 0 saturated heterocycles. The van der Waals surface area contributed by atoms with Gasteiger partial charge >= 0.3 is 0 Å². The van der Waals surface area contributed by atoms with Crippen LogP contribution < -0.4 is 5.32 Å². The highest BCUT2D eigenvalue weighted by molar-refractivity contribution is 7.91. The van der Waals surface area contributed by atoms with Gasteiger partial charge in [-0.05, 0) is 6.07 Å². The average molecular weight is 334 g/mol. The summed E-state index contributed by atoms with van der Waals surface area (Å²) in [7, 11) is -3.84. The molecule has 0 heterocycles. The van der Waals surface area contributed by atoms with Crippen molar-refractivity contribution in [1.82, 2.24) is 0 Å². The van der Waals surface area contributed by atoms with E-state index in [1.807, 2.05) is 0 Å². The van der Waals surface area contributed by atoms with E-state index in [2.05, 4.69) is 5.32 Å². The number of nitrogens with zero attached hydrogens (tertiary/aromatic N) is 1. The van der Waals surface area contributed by atoms with Crippen LogP contribution in [-0.4, -0.2) is 62.3 Å². The summed E-state index contributed by atoms with van der Waals surface area (Å²) in [6.07, 6.45) is 0. The fourth-order valence-electron chi connectivity index (χ4n) is 1.68. The average Bonchev–Trinajstić information content (AvgIpc) is 2.46. The number of nitrogens with one attached hydrogen (secondary N) is 1. The molecule has 0 bridgehead atoms. The summed E-state index contributed by atoms with van der Waals surface area (Å²) in [6.45, 7) is -0.0359. The van der Waals surface area contributed by atoms with E-state index < -0.39 is 27.1 Å². The molecule has 1 rings (SSSR count). The minimum Gasteiger partial charge on any atom is -0.395 e. The maximum atomic E-state index is 12.1. The van der Waals surface area contributed by atoms with Crippen LogP contribution in [-0.2, 0) is 14.6 Å². The van der Waals surface area contributed by atoms with Crippen LogP contribution in [0.1, 0.15) is 0 Å². The van der Waals surface area contributed by atoms with Crippen LogP contribution in [0.4, 0.5) is 11.4 Å². The van der Waals surface area contributed by atoms with Crippen molar-refractivity contribution in [3.05, 3.63) is 28.3 Å². The van der Waals surface area contributed by atoms with Gasteiger partial charge in [-0.3, -0.25) is 10.1 Å². The molecule has 1 aromatic rings. The van der Waals surface area contributed by atoms with E-state index >= 15 is 0 Å². The van der Waals surface area contributed by atoms with Crippen LogP contribution in [0.25, 0.3) is 0 Å². The van der Waals surface area contributed by atoms with Crippen molar-refractivity contribution in [3.8, 4) is 0 Å². The fourth-order valence-corrected chi connectivity index (χ4v) is 2.92. The van der Waals surface area contributed by atoms with Crippen molar-refractivity contribution < 1.29 is 28.3 Å². The molecular formula is C12H18N2O7S. The molecule has 0 spiro atoms. The number of hydrogen-bond donors (Lipinski definition) is 3. The summed E-state index contributed by atoms with van der Waals surface area (Å²) in [5.41, 5.74) is -0.148. The molecule has 0 aliphatic carbocycles. The van der Waals surface area contributed by atoms with Gasteiger partial charge in [0.1, 0.15) is 0 Å². The summed E-state index contributed by atoms with van der Waals surface area (Å²) in [4.78, 5) is 9.85. The Kier molecular flexibility index (Phi) is 7.18. The van der Waals surface area contributed by atoms with Crippen molar-refractivity contribution in [1.29, 1.82) is 0 Å². The maximum Gasteiger partial charge on any atom is 0.270 e. The predicted octanol–water partition coefficient (Wildman–Crippen LogP) is -0.218. The van der Waals surface area contributed by atoms with E-state index in [9.17, 15) is 18.5 Å². The Morgan fingerprint density at radius 2 is 1.95 bits per heavy atom. The highest BCUT2D eigenvalue weighted by Crippen LogP contribution is 2.27. The molecule has 0 unspecified atom stereocenters. The predicted molar refractivity (Wildman–Crippen MR) is 78.6 cm³/mol. The molecule has 3 N–H and O–H groups in total. The van der Waals surface area contributed by atoms with Crippen LogP contribution in [0.15, 0.2) is 23.1 Å². The molecular weight excluding hydrogens is 316 g/mol. The van der Waals surface area contributed by atoms with E-state index in [1.54, 1.807) is 0 Å². The van der Waals surface area contributed by atoms with Gasteiger partial charge in [0.15, 0.2) is 9.84 Å². The largest absolute Gasteiger partial charge is 0.395 e. The lowest BCUT2D eigenvalue weighted by Gasteiger charge is -2.12. The van der Waals surface area contributed by atoms with Gasteiger partial charge in [-0.15, -0.1) is 0 Å². The van der Waals surface area contributed by atoms with Crippen LogP contribution in [0, 0.1) is 10.1 Å². The number of hydrogen-bond acceptors (Lipinski definition) is 8. The molecule has 0 saturated carbocycles. The summed E-state index contributed by atoms with van der Waals surface area (Å²) in [6, 6.07) is 3.45. The van der Waals surface area contributed by atoms with Crippen molar-refractivity contribution >= 4 is 21.2 Å². The molecule has 0 aromatic heterocycles. The second kappa shape index (κ2) is 8.63. The van der Waals surface area contributed by atoms with E-state index in [0.29, 0.717) is 0 Å². The number of anilines is 1. The lowest BCUT2D eigenvalue weighted by Crippen LogP contribution is -2.16. The SMILES string of the molecule is O=[N+]([O-])c1ccc(NCCOCCO)c(S(=O)(=O)CCO)c1. The lowest BCUT2D eigenvalue weighted by atomic mass is 10.3. The molecule has 0 amide bonds. The second-order valence-electron chi connectivity index (χ2n) is 4.24. The minimum absolute atomic E-state index is 0.117. The molecule has 9 nitrogen and oxygen atoms in total. The quantitative estimate of drug-likeness (QED) is 0.303. The third-order valence-corrected chi connectivity index (χ3v) is 4.40. The molecule has 0 aliphatic rings. The standard InChI is InChI=1S/C12H18N2O7S/c15-4-7-21-6-3-13-11-2-1-10(14(17)18)9-12(11)22(19,20)8-5-16/h1-2,9,13,15-16H,3-8H2. The van der Waals surface area contributed by atoms with Gasteiger partial charge in [0, 0.05) is 18.7 Å². The number of nitro benzene ring substituents is 1. The van der Waals surface area contributed by atoms with E-state index in [0.717, 1.165) is 6.07 Å². The van der Waals surface area contributed by atoms with E-state index in [-0.39, 0.29) is 42.6 Å². The normalized spacial score (nSPS) is 11.4. The van der Waals surface area contributed by atoms with Crippen LogP contribution in [0.3, 0.4) is 0 Å². The highest BCUT2D eigenvalue weighted by atomic mass is 32.2. The number of non-ortho nitro benzene ring substituents is 1. The third kappa shape index (κ3) is 5.22. The minimum atomic E-state index is -3.84. The molecule has 0 atom stereocenters. The van der Waals surface area contributed by atoms with Crippen molar-refractivity contribution in [2.24, 2.45) is 0 Å². The Labute approximate surface area is 127 Å². The number of ether oxygens (including phenoxy) is 1. The van der Waals surface area contributed by atoms with Crippen LogP contribution in [0.5, 0.6) is 0 Å². The maximum absolute atomic E-state index is 12.1. The van der Waals surface area contributed by atoms with Gasteiger partial charge in [0.05, 0.1) is 47.7 Å². The first-order valence-electron chi connectivity index (χ1n) is 6.47. The smallest absolute Gasteiger partial charge is 0.270 e. The first kappa shape index (κ1) is 18.3. The van der Waals surface area contributed by atoms with E-state index in [4.69, 9.17) is 14.9 Å². The van der Waals surface area contributed by atoms with Crippen LogP contribution in [0.2, 0.25) is 0 Å². The molecule has 124 valence electrons. The lowest BCUT2D eigenvalue weighted by molar-refractivity contribution is -0.385. The first-order chi connectivity index (χ1) is 10.4. The number of aliphatic hydroxyl groups excluding tert-OH is 2. The van der Waals surface area contributed by atoms with Gasteiger partial charge in [-0.2, -0.15) is 0 Å². The Morgan fingerprint density at radius 1 is 1.23 bits per heavy atom. The van der Waals surface area contributed by atoms with E-state index in [1.165, 1.54) is 12.1 Å². The number of nitro groups is 1. The van der Waals surface area contributed by atoms with Crippen molar-refractivity contribution in [3.63, 3.8) is 0 Å². The van der Waals surface area contributed by atoms with Gasteiger partial charge < -0.3 is 20.3 Å². The monoisotopic (exact) mass is 334 g/mol. The summed E-state index contributed by atoms with van der Waals surface area (Å²) < 4.78 is 29.2. The molecule has 0 fully saturated rings. The summed E-state index contributed by atoms with van der Waals surface area (Å²) >= 11 is 0. The molecule has 0 radical (unpaired) electrons. The first-order valence-corrected chi connectivity index (χ1v) is 8.12. The van der Waals surface area contributed by atoms with Gasteiger partial charge in [-0.1, -0.05) is 0 Å². The zero-order valence-corrected chi connectivity index (χ0v) is 12.6. The number of aliphatic hydroxyl groups is 2. The highest BCUT2D eigenvalue weighted by Gasteiger charge is 2.21. The summed E-state index contributed by atoms with van der Waals surface area (Å²) in [5, 5.41) is 31.0. The zero-order chi connectivity index (χ0) is 16.6. The molecule has 0 aliphatic heterocycles. The Bertz CT molecular complexity index is 603. The Balaban J connectivity index is 2.98. The second-order valence-corrected chi connectivity index (χ2v) is 6.32. The molecule has 10 heteroatoms. The van der Waals surface area contributed by atoms with Crippen molar-refractivity contribution in [2.75, 3.05) is 44.0 Å². The van der Waals surface area contributed by atoms with Crippen molar-refractivity contribution in [2.45, 2.75) is 4.90 Å². The topological polar surface area (TPSA) is 139 Å². The third-order valence-electron chi connectivity index (χ3n) is 2.67. The Hall–Kier alpha value is -1.75. The zero-order valence-electron chi connectivity index (χ0n) is 11.8. The summed E-state index contributed by atoms with van der Waals surface area (Å²) in [5.74, 6) is -0.524. The molecule has 22 heavy (non-hydrogen) atoms. The number of sulfone groups is 1. The van der Waals surface area contributed by atoms with Gasteiger partial charge in [-0.25, -0.2) is 8.42 Å². The van der Waals surface area contributed by atoms with Gasteiger partial charge in [0.2, 0.25) is 0 Å². The van der Waals surface area contributed by atoms with Crippen LogP contribution >= 0.6 is 0 Å². The number of rotatable bonds is 10. The number of benzene rings is 1. The fraction of sp³-hybridized carbons (Fsp3) is 0.500. The Morgan fingerprint density at radius 3 is 2.55 bits per heavy atom.